The maximum Gasteiger partial charge on any atom is 0.160 e. The van der Waals surface area contributed by atoms with Gasteiger partial charge in [0.05, 0.1) is 33.5 Å². The van der Waals surface area contributed by atoms with Gasteiger partial charge in [-0.3, -0.25) is 0 Å². The van der Waals surface area contributed by atoms with Crippen molar-refractivity contribution < 1.29 is 0 Å². The van der Waals surface area contributed by atoms with Crippen LogP contribution in [0.4, 0.5) is 0 Å². The molecular formula is C46H30N4. The molecule has 0 unspecified atom stereocenters. The summed E-state index contributed by atoms with van der Waals surface area (Å²) < 4.78 is 4.75. The minimum absolute atomic E-state index is 0.696. The Kier molecular flexibility index (Phi) is 6.46. The Morgan fingerprint density at radius 1 is 0.300 bits per heavy atom. The second-order valence-corrected chi connectivity index (χ2v) is 12.7. The topological polar surface area (TPSA) is 35.6 Å². The highest BCUT2D eigenvalue weighted by Crippen LogP contribution is 2.37. The number of para-hydroxylation sites is 3. The van der Waals surface area contributed by atoms with Crippen molar-refractivity contribution in [1.82, 2.24) is 19.1 Å². The molecule has 10 aromatic rings. The first-order valence-corrected chi connectivity index (χ1v) is 16.9. The molecule has 0 aliphatic rings. The van der Waals surface area contributed by atoms with Gasteiger partial charge < -0.3 is 9.13 Å². The zero-order valence-electron chi connectivity index (χ0n) is 27.1. The van der Waals surface area contributed by atoms with E-state index in [0.717, 1.165) is 50.5 Å². The summed E-state index contributed by atoms with van der Waals surface area (Å²) in [6, 6.07) is 64.2. The molecule has 10 rings (SSSR count). The van der Waals surface area contributed by atoms with E-state index in [1.54, 1.807) is 0 Å². The molecule has 0 N–H and O–H groups in total. The lowest BCUT2D eigenvalue weighted by molar-refractivity contribution is 1.15. The monoisotopic (exact) mass is 638 g/mol. The molecule has 4 nitrogen and oxygen atoms in total. The van der Waals surface area contributed by atoms with E-state index < -0.39 is 0 Å². The van der Waals surface area contributed by atoms with Gasteiger partial charge in [-0.05, 0) is 54.6 Å². The highest BCUT2D eigenvalue weighted by molar-refractivity contribution is 6.12. The Bertz CT molecular complexity index is 2750. The van der Waals surface area contributed by atoms with Gasteiger partial charge in [-0.25, -0.2) is 9.97 Å². The first-order valence-electron chi connectivity index (χ1n) is 16.9. The largest absolute Gasteiger partial charge is 0.309 e. The minimum atomic E-state index is 0.696. The summed E-state index contributed by atoms with van der Waals surface area (Å²) in [6.45, 7) is 0. The summed E-state index contributed by atoms with van der Waals surface area (Å²) in [6.07, 6.45) is 0. The fraction of sp³-hybridized carbons (Fsp3) is 0. The molecule has 0 aliphatic carbocycles. The van der Waals surface area contributed by atoms with E-state index in [-0.39, 0.29) is 0 Å². The lowest BCUT2D eigenvalue weighted by Gasteiger charge is -2.12. The van der Waals surface area contributed by atoms with Gasteiger partial charge in [0.25, 0.3) is 0 Å². The number of hydrogen-bond acceptors (Lipinski definition) is 2. The van der Waals surface area contributed by atoms with Gasteiger partial charge in [0.2, 0.25) is 0 Å². The van der Waals surface area contributed by atoms with Gasteiger partial charge in [0, 0.05) is 49.6 Å². The highest BCUT2D eigenvalue weighted by Gasteiger charge is 2.17. The van der Waals surface area contributed by atoms with E-state index in [2.05, 4.69) is 179 Å². The zero-order chi connectivity index (χ0) is 33.0. The second kappa shape index (κ2) is 11.4. The molecule has 50 heavy (non-hydrogen) atoms. The minimum Gasteiger partial charge on any atom is -0.309 e. The van der Waals surface area contributed by atoms with Crippen molar-refractivity contribution in [2.24, 2.45) is 0 Å². The number of hydrogen-bond donors (Lipinski definition) is 0. The summed E-state index contributed by atoms with van der Waals surface area (Å²) in [5.74, 6) is 0.696. The predicted molar refractivity (Wildman–Crippen MR) is 207 cm³/mol. The van der Waals surface area contributed by atoms with Crippen LogP contribution in [-0.2, 0) is 0 Å². The third kappa shape index (κ3) is 4.54. The lowest BCUT2D eigenvalue weighted by Crippen LogP contribution is -1.98. The molecule has 7 aromatic carbocycles. The number of aromatic nitrogens is 4. The smallest absolute Gasteiger partial charge is 0.160 e. The van der Waals surface area contributed by atoms with Gasteiger partial charge in [-0.2, -0.15) is 0 Å². The van der Waals surface area contributed by atoms with Crippen LogP contribution < -0.4 is 0 Å². The molecule has 4 heteroatoms. The normalized spacial score (nSPS) is 11.6. The summed E-state index contributed by atoms with van der Waals surface area (Å²) in [7, 11) is 0. The van der Waals surface area contributed by atoms with Gasteiger partial charge in [0.15, 0.2) is 5.82 Å². The maximum atomic E-state index is 5.11. The van der Waals surface area contributed by atoms with E-state index >= 15 is 0 Å². The molecule has 0 saturated carbocycles. The van der Waals surface area contributed by atoms with Crippen LogP contribution in [0, 0.1) is 0 Å². The van der Waals surface area contributed by atoms with Gasteiger partial charge in [0.1, 0.15) is 0 Å². The summed E-state index contributed by atoms with van der Waals surface area (Å²) >= 11 is 0. The van der Waals surface area contributed by atoms with Crippen molar-refractivity contribution in [3.05, 3.63) is 182 Å². The van der Waals surface area contributed by atoms with Crippen LogP contribution in [0.1, 0.15) is 0 Å². The molecule has 234 valence electrons. The third-order valence-corrected chi connectivity index (χ3v) is 9.72. The van der Waals surface area contributed by atoms with Crippen molar-refractivity contribution >= 4 is 43.6 Å². The average molecular weight is 639 g/mol. The van der Waals surface area contributed by atoms with Crippen LogP contribution in [0.2, 0.25) is 0 Å². The van der Waals surface area contributed by atoms with E-state index in [4.69, 9.17) is 9.97 Å². The Morgan fingerprint density at radius 3 is 1.30 bits per heavy atom. The van der Waals surface area contributed by atoms with E-state index in [9.17, 15) is 0 Å². The third-order valence-electron chi connectivity index (χ3n) is 9.72. The quantitative estimate of drug-likeness (QED) is 0.188. The molecule has 3 heterocycles. The fourth-order valence-electron chi connectivity index (χ4n) is 7.45. The van der Waals surface area contributed by atoms with Crippen LogP contribution in [0.5, 0.6) is 0 Å². The van der Waals surface area contributed by atoms with Crippen LogP contribution in [0.15, 0.2) is 182 Å². The Hall–Kier alpha value is -6.78. The van der Waals surface area contributed by atoms with Crippen LogP contribution >= 0.6 is 0 Å². The van der Waals surface area contributed by atoms with Crippen LogP contribution in [-0.4, -0.2) is 19.1 Å². The molecule has 0 amide bonds. The number of benzene rings is 7. The Balaban J connectivity index is 1.16. The van der Waals surface area contributed by atoms with Crippen molar-refractivity contribution in [3.8, 4) is 45.3 Å². The molecule has 0 radical (unpaired) electrons. The molecule has 3 aromatic heterocycles. The number of rotatable bonds is 5. The van der Waals surface area contributed by atoms with Gasteiger partial charge >= 0.3 is 0 Å². The van der Waals surface area contributed by atoms with E-state index in [1.165, 1.54) is 32.6 Å². The standard InChI is InChI=1S/C46H30N4/c1-3-14-31(15-4-1)40-30-41(32-16-5-2-6-17-32)48-46(47-40)33-18-13-19-34(28-33)49-44-25-12-9-22-38(44)39-29-35(26-27-45(39)49)50-42-23-10-7-20-36(42)37-21-8-11-24-43(37)50/h1-30H. The highest BCUT2D eigenvalue weighted by atomic mass is 15.0. The van der Waals surface area contributed by atoms with Crippen LogP contribution in [0.25, 0.3) is 88.9 Å². The van der Waals surface area contributed by atoms with Gasteiger partial charge in [-0.15, -0.1) is 0 Å². The maximum absolute atomic E-state index is 5.11. The predicted octanol–water partition coefficient (Wildman–Crippen LogP) is 11.7. The molecule has 0 atom stereocenters. The van der Waals surface area contributed by atoms with E-state index in [1.807, 2.05) is 12.1 Å². The fourth-order valence-corrected chi connectivity index (χ4v) is 7.45. The first kappa shape index (κ1) is 28.3. The van der Waals surface area contributed by atoms with Crippen molar-refractivity contribution in [3.63, 3.8) is 0 Å². The van der Waals surface area contributed by atoms with Crippen molar-refractivity contribution in [2.75, 3.05) is 0 Å². The SMILES string of the molecule is c1ccc(-c2cc(-c3ccccc3)nc(-c3cccc(-n4c5ccccc5c5cc(-n6c7ccccc7c7ccccc76)ccc54)c3)n2)cc1. The van der Waals surface area contributed by atoms with Crippen LogP contribution in [0.3, 0.4) is 0 Å². The number of fused-ring (bicyclic) bond motifs is 6. The molecule has 0 spiro atoms. The summed E-state index contributed by atoms with van der Waals surface area (Å²) in [4.78, 5) is 10.2. The Morgan fingerprint density at radius 2 is 0.740 bits per heavy atom. The molecule has 0 aliphatic heterocycles. The average Bonchev–Trinajstić information content (AvgIpc) is 3.71. The first-order chi connectivity index (χ1) is 24.8. The number of nitrogens with zero attached hydrogens (tertiary/aromatic N) is 4. The molecule has 0 bridgehead atoms. The van der Waals surface area contributed by atoms with Crippen molar-refractivity contribution in [2.45, 2.75) is 0 Å². The zero-order valence-corrected chi connectivity index (χ0v) is 27.1. The summed E-state index contributed by atoms with van der Waals surface area (Å²) in [5.41, 5.74) is 11.8. The second-order valence-electron chi connectivity index (χ2n) is 12.7. The van der Waals surface area contributed by atoms with E-state index in [0.29, 0.717) is 5.82 Å². The van der Waals surface area contributed by atoms with Gasteiger partial charge in [-0.1, -0.05) is 127 Å². The molecule has 0 fully saturated rings. The Labute approximate surface area is 289 Å². The summed E-state index contributed by atoms with van der Waals surface area (Å²) in [5, 5.41) is 4.94. The molecule has 0 saturated heterocycles. The lowest BCUT2D eigenvalue weighted by atomic mass is 10.1. The van der Waals surface area contributed by atoms with Crippen molar-refractivity contribution in [1.29, 1.82) is 0 Å². The molecular weight excluding hydrogens is 609 g/mol.